The summed E-state index contributed by atoms with van der Waals surface area (Å²) in [5.74, 6) is -0.258. The number of amides is 1. The van der Waals surface area contributed by atoms with E-state index in [-0.39, 0.29) is 11.5 Å². The van der Waals surface area contributed by atoms with Crippen LogP contribution in [0, 0.1) is 13.8 Å². The number of hydrogen-bond donors (Lipinski definition) is 1. The zero-order chi connectivity index (χ0) is 18.7. The number of aryl methyl sites for hydroxylation is 2. The summed E-state index contributed by atoms with van der Waals surface area (Å²) in [6, 6.07) is 16.1. The largest absolute Gasteiger partial charge is 0.322 e. The number of pyridine rings is 1. The predicted molar refractivity (Wildman–Crippen MR) is 105 cm³/mol. The van der Waals surface area contributed by atoms with Crippen LogP contribution >= 0.6 is 11.6 Å². The highest BCUT2D eigenvalue weighted by Gasteiger charge is 2.11. The molecule has 3 rings (SSSR count). The number of anilines is 1. The molecular weight excluding hydrogens is 348 g/mol. The Labute approximate surface area is 157 Å². The van der Waals surface area contributed by atoms with Gasteiger partial charge >= 0.3 is 0 Å². The molecule has 0 aliphatic carbocycles. The molecule has 1 N–H and O–H groups in total. The number of carbonyl (C=O) groups is 1. The van der Waals surface area contributed by atoms with Crippen molar-refractivity contribution in [2.75, 3.05) is 5.32 Å². The van der Waals surface area contributed by atoms with Crippen LogP contribution in [0.3, 0.4) is 0 Å². The van der Waals surface area contributed by atoms with Gasteiger partial charge in [-0.2, -0.15) is 0 Å². The number of carbonyl (C=O) groups excluding carboxylic acids is 1. The van der Waals surface area contributed by atoms with Crippen molar-refractivity contribution in [3.8, 4) is 0 Å². The van der Waals surface area contributed by atoms with E-state index in [1.165, 1.54) is 16.7 Å². The first-order chi connectivity index (χ1) is 12.4. The standard InChI is InChI=1S/C21H19ClN2O2/c1-14-7-8-15(2)19(11-14)23-21(26)17-9-10-20(25)24(13-17)12-16-5-3-4-6-18(16)22/h3-11,13H,12H2,1-2H3,(H,23,26). The van der Waals surface area contributed by atoms with Crippen molar-refractivity contribution in [3.05, 3.63) is 98.4 Å². The van der Waals surface area contributed by atoms with Gasteiger partial charge in [0.1, 0.15) is 0 Å². The Balaban J connectivity index is 1.87. The second-order valence-corrected chi connectivity index (χ2v) is 6.66. The summed E-state index contributed by atoms with van der Waals surface area (Å²) < 4.78 is 1.49. The molecule has 0 atom stereocenters. The van der Waals surface area contributed by atoms with Crippen molar-refractivity contribution < 1.29 is 4.79 Å². The molecule has 0 unspecified atom stereocenters. The Bertz CT molecular complexity index is 1020. The zero-order valence-electron chi connectivity index (χ0n) is 14.6. The van der Waals surface area contributed by atoms with E-state index in [4.69, 9.17) is 11.6 Å². The van der Waals surface area contributed by atoms with E-state index >= 15 is 0 Å². The molecule has 2 aromatic carbocycles. The van der Waals surface area contributed by atoms with Gasteiger partial charge in [-0.1, -0.05) is 41.9 Å². The third kappa shape index (κ3) is 4.03. The first kappa shape index (κ1) is 18.0. The van der Waals surface area contributed by atoms with Crippen molar-refractivity contribution in [2.45, 2.75) is 20.4 Å². The van der Waals surface area contributed by atoms with Crippen LogP contribution in [0.5, 0.6) is 0 Å². The van der Waals surface area contributed by atoms with E-state index in [9.17, 15) is 9.59 Å². The summed E-state index contributed by atoms with van der Waals surface area (Å²) >= 11 is 6.17. The van der Waals surface area contributed by atoms with Crippen molar-refractivity contribution in [2.24, 2.45) is 0 Å². The summed E-state index contributed by atoms with van der Waals surface area (Å²) in [6.45, 7) is 4.22. The van der Waals surface area contributed by atoms with E-state index in [1.807, 2.05) is 50.2 Å². The smallest absolute Gasteiger partial charge is 0.257 e. The van der Waals surface area contributed by atoms with Crippen LogP contribution in [0.15, 0.2) is 65.6 Å². The lowest BCUT2D eigenvalue weighted by Crippen LogP contribution is -2.22. The maximum atomic E-state index is 12.6. The fourth-order valence-electron chi connectivity index (χ4n) is 2.66. The van der Waals surface area contributed by atoms with Gasteiger partial charge in [-0.15, -0.1) is 0 Å². The average molecular weight is 367 g/mol. The van der Waals surface area contributed by atoms with Crippen LogP contribution in [-0.4, -0.2) is 10.5 Å². The molecule has 0 radical (unpaired) electrons. The fraction of sp³-hybridized carbons (Fsp3) is 0.143. The van der Waals surface area contributed by atoms with Gasteiger partial charge in [0.2, 0.25) is 0 Å². The molecular formula is C21H19ClN2O2. The molecule has 0 spiro atoms. The minimum Gasteiger partial charge on any atom is -0.322 e. The first-order valence-corrected chi connectivity index (χ1v) is 8.64. The van der Waals surface area contributed by atoms with E-state index in [0.29, 0.717) is 17.1 Å². The lowest BCUT2D eigenvalue weighted by Gasteiger charge is -2.12. The lowest BCUT2D eigenvalue weighted by atomic mass is 10.1. The number of halogens is 1. The third-order valence-corrected chi connectivity index (χ3v) is 4.55. The molecule has 1 aromatic heterocycles. The number of benzene rings is 2. The summed E-state index contributed by atoms with van der Waals surface area (Å²) in [7, 11) is 0. The maximum absolute atomic E-state index is 12.6. The molecule has 4 nitrogen and oxygen atoms in total. The average Bonchev–Trinajstić information content (AvgIpc) is 2.62. The Morgan fingerprint density at radius 2 is 1.85 bits per heavy atom. The number of aromatic nitrogens is 1. The van der Waals surface area contributed by atoms with Crippen LogP contribution in [-0.2, 0) is 6.54 Å². The second-order valence-electron chi connectivity index (χ2n) is 6.25. The van der Waals surface area contributed by atoms with Gasteiger partial charge in [0.15, 0.2) is 0 Å². The quantitative estimate of drug-likeness (QED) is 0.743. The van der Waals surface area contributed by atoms with Crippen molar-refractivity contribution in [1.29, 1.82) is 0 Å². The van der Waals surface area contributed by atoms with Crippen LogP contribution in [0.2, 0.25) is 5.02 Å². The maximum Gasteiger partial charge on any atom is 0.257 e. The molecule has 0 fully saturated rings. The summed E-state index contributed by atoms with van der Waals surface area (Å²) in [5, 5.41) is 3.50. The van der Waals surface area contributed by atoms with Crippen LogP contribution < -0.4 is 10.9 Å². The van der Waals surface area contributed by atoms with Crippen molar-refractivity contribution in [3.63, 3.8) is 0 Å². The van der Waals surface area contributed by atoms with Gasteiger partial charge in [0.25, 0.3) is 11.5 Å². The number of rotatable bonds is 4. The Hall–Kier alpha value is -2.85. The molecule has 1 amide bonds. The molecule has 132 valence electrons. The highest BCUT2D eigenvalue weighted by molar-refractivity contribution is 6.31. The molecule has 26 heavy (non-hydrogen) atoms. The summed E-state index contributed by atoms with van der Waals surface area (Å²) in [4.78, 5) is 24.8. The van der Waals surface area contributed by atoms with Gasteiger partial charge in [0, 0.05) is 23.0 Å². The third-order valence-electron chi connectivity index (χ3n) is 4.19. The Morgan fingerprint density at radius 1 is 1.08 bits per heavy atom. The highest BCUT2D eigenvalue weighted by Crippen LogP contribution is 2.18. The minimum atomic E-state index is -0.258. The van der Waals surface area contributed by atoms with E-state index in [0.717, 1.165) is 22.4 Å². The van der Waals surface area contributed by atoms with Crippen LogP contribution in [0.1, 0.15) is 27.0 Å². The molecule has 0 saturated heterocycles. The van der Waals surface area contributed by atoms with Crippen molar-refractivity contribution >= 4 is 23.2 Å². The van der Waals surface area contributed by atoms with Gasteiger partial charge in [0.05, 0.1) is 12.1 Å². The molecule has 3 aromatic rings. The Kier molecular flexibility index (Phi) is 5.24. The lowest BCUT2D eigenvalue weighted by molar-refractivity contribution is 0.102. The Morgan fingerprint density at radius 3 is 2.62 bits per heavy atom. The number of nitrogens with one attached hydrogen (secondary N) is 1. The molecule has 0 aliphatic rings. The van der Waals surface area contributed by atoms with E-state index in [1.54, 1.807) is 12.3 Å². The van der Waals surface area contributed by atoms with Crippen LogP contribution in [0.4, 0.5) is 5.69 Å². The normalized spacial score (nSPS) is 10.6. The molecule has 0 bridgehead atoms. The zero-order valence-corrected chi connectivity index (χ0v) is 15.4. The van der Waals surface area contributed by atoms with Gasteiger partial charge < -0.3 is 9.88 Å². The van der Waals surface area contributed by atoms with Gasteiger partial charge in [-0.05, 0) is 48.7 Å². The molecule has 5 heteroatoms. The minimum absolute atomic E-state index is 0.187. The second kappa shape index (κ2) is 7.58. The molecule has 0 aliphatic heterocycles. The van der Waals surface area contributed by atoms with E-state index in [2.05, 4.69) is 5.32 Å². The summed E-state index contributed by atoms with van der Waals surface area (Å²) in [5.41, 5.74) is 3.86. The number of hydrogen-bond acceptors (Lipinski definition) is 2. The van der Waals surface area contributed by atoms with Gasteiger partial charge in [-0.3, -0.25) is 9.59 Å². The van der Waals surface area contributed by atoms with E-state index < -0.39 is 0 Å². The molecule has 0 saturated carbocycles. The van der Waals surface area contributed by atoms with Gasteiger partial charge in [-0.25, -0.2) is 0 Å². The fourth-order valence-corrected chi connectivity index (χ4v) is 2.86. The topological polar surface area (TPSA) is 51.1 Å². The SMILES string of the molecule is Cc1ccc(C)c(NC(=O)c2ccc(=O)n(Cc3ccccc3Cl)c2)c1. The van der Waals surface area contributed by atoms with Crippen LogP contribution in [0.25, 0.3) is 0 Å². The highest BCUT2D eigenvalue weighted by atomic mass is 35.5. The molecule has 1 heterocycles. The summed E-state index contributed by atoms with van der Waals surface area (Å²) in [6.07, 6.45) is 1.56. The van der Waals surface area contributed by atoms with Crippen molar-refractivity contribution in [1.82, 2.24) is 4.57 Å². The number of nitrogens with zero attached hydrogens (tertiary/aromatic N) is 1. The predicted octanol–water partition coefficient (Wildman–Crippen LogP) is 4.42. The monoisotopic (exact) mass is 366 g/mol. The first-order valence-electron chi connectivity index (χ1n) is 8.26.